The molecule has 1 aromatic heterocycles. The highest BCUT2D eigenvalue weighted by molar-refractivity contribution is 5.83. The largest absolute Gasteiger partial charge is 0.444 e. The van der Waals surface area contributed by atoms with Crippen LogP contribution in [0.2, 0.25) is 0 Å². The minimum Gasteiger partial charge on any atom is -0.444 e. The molecule has 6 nitrogen and oxygen atoms in total. The number of aromatic nitrogens is 1. The number of carbonyl (C=O) groups excluding carboxylic acids is 1. The molecule has 0 aliphatic carbocycles. The summed E-state index contributed by atoms with van der Waals surface area (Å²) in [5.74, 6) is 0.489. The summed E-state index contributed by atoms with van der Waals surface area (Å²) in [6.45, 7) is 7.71. The van der Waals surface area contributed by atoms with Gasteiger partial charge in [-0.3, -0.25) is 5.32 Å². The molecule has 1 saturated heterocycles. The van der Waals surface area contributed by atoms with Crippen molar-refractivity contribution < 1.29 is 9.53 Å². The smallest absolute Gasteiger partial charge is 0.413 e. The lowest BCUT2D eigenvalue weighted by Gasteiger charge is -2.30. The second kappa shape index (κ2) is 6.96. The summed E-state index contributed by atoms with van der Waals surface area (Å²) in [4.78, 5) is 18.2. The summed E-state index contributed by atoms with van der Waals surface area (Å²) in [5, 5.41) is 6.12. The number of anilines is 2. The Labute approximate surface area is 132 Å². The lowest BCUT2D eigenvalue weighted by atomic mass is 10.1. The number of pyridine rings is 1. The highest BCUT2D eigenvalue weighted by Crippen LogP contribution is 2.17. The van der Waals surface area contributed by atoms with Crippen molar-refractivity contribution in [2.75, 3.05) is 30.8 Å². The molecule has 0 atom stereocenters. The van der Waals surface area contributed by atoms with Gasteiger partial charge in [0.25, 0.3) is 0 Å². The fourth-order valence-electron chi connectivity index (χ4n) is 2.35. The van der Waals surface area contributed by atoms with Crippen molar-refractivity contribution >= 4 is 17.6 Å². The number of nitrogens with one attached hydrogen (secondary N) is 2. The van der Waals surface area contributed by atoms with E-state index < -0.39 is 11.7 Å². The molecule has 0 unspecified atom stereocenters. The molecule has 0 bridgehead atoms. The van der Waals surface area contributed by atoms with Crippen LogP contribution in [0.25, 0.3) is 0 Å². The van der Waals surface area contributed by atoms with Crippen LogP contribution in [0.5, 0.6) is 0 Å². The lowest BCUT2D eigenvalue weighted by molar-refractivity contribution is 0.0635. The fraction of sp³-hybridized carbons (Fsp3) is 0.625. The van der Waals surface area contributed by atoms with Gasteiger partial charge in [-0.25, -0.2) is 9.78 Å². The van der Waals surface area contributed by atoms with Gasteiger partial charge in [0, 0.05) is 6.04 Å². The number of rotatable bonds is 3. The fourth-order valence-corrected chi connectivity index (χ4v) is 2.35. The van der Waals surface area contributed by atoms with E-state index in [9.17, 15) is 4.79 Å². The Kier molecular flexibility index (Phi) is 5.24. The molecule has 0 radical (unpaired) electrons. The molecule has 22 heavy (non-hydrogen) atoms. The molecule has 122 valence electrons. The summed E-state index contributed by atoms with van der Waals surface area (Å²) in [6, 6.07) is 4.20. The standard InChI is InChI=1S/C16H26N4O2/c1-16(2,3)22-15(21)19-14-6-5-13(11-17-14)18-12-7-9-20(4)10-8-12/h5-6,11-12,18H,7-10H2,1-4H3,(H,17,19,21). The van der Waals surface area contributed by atoms with Crippen LogP contribution in [-0.2, 0) is 4.74 Å². The van der Waals surface area contributed by atoms with E-state index >= 15 is 0 Å². The molecular weight excluding hydrogens is 280 g/mol. The van der Waals surface area contributed by atoms with Gasteiger partial charge in [0.2, 0.25) is 0 Å². The van der Waals surface area contributed by atoms with Crippen molar-refractivity contribution in [2.24, 2.45) is 0 Å². The van der Waals surface area contributed by atoms with Gasteiger partial charge in [-0.1, -0.05) is 0 Å². The Hall–Kier alpha value is -1.82. The van der Waals surface area contributed by atoms with Gasteiger partial charge in [0.1, 0.15) is 11.4 Å². The van der Waals surface area contributed by atoms with Crippen LogP contribution in [0, 0.1) is 0 Å². The summed E-state index contributed by atoms with van der Waals surface area (Å²) in [7, 11) is 2.15. The first kappa shape index (κ1) is 16.5. The Balaban J connectivity index is 1.84. The van der Waals surface area contributed by atoms with Gasteiger partial charge in [-0.2, -0.15) is 0 Å². The van der Waals surface area contributed by atoms with E-state index in [1.807, 2.05) is 26.8 Å². The maximum Gasteiger partial charge on any atom is 0.413 e. The Morgan fingerprint density at radius 1 is 1.32 bits per heavy atom. The van der Waals surface area contributed by atoms with Crippen LogP contribution in [0.15, 0.2) is 18.3 Å². The van der Waals surface area contributed by atoms with Gasteiger partial charge in [0.15, 0.2) is 0 Å². The summed E-state index contributed by atoms with van der Waals surface area (Å²) < 4.78 is 5.19. The average Bonchev–Trinajstić information content (AvgIpc) is 2.41. The minimum atomic E-state index is -0.514. The van der Waals surface area contributed by atoms with Crippen LogP contribution in [0.4, 0.5) is 16.3 Å². The van der Waals surface area contributed by atoms with E-state index in [2.05, 4.69) is 27.6 Å². The topological polar surface area (TPSA) is 66.5 Å². The number of ether oxygens (including phenoxy) is 1. The maximum atomic E-state index is 11.7. The van der Waals surface area contributed by atoms with E-state index in [0.29, 0.717) is 11.9 Å². The second-order valence-electron chi connectivity index (χ2n) is 6.78. The number of nitrogens with zero attached hydrogens (tertiary/aromatic N) is 2. The molecule has 0 aromatic carbocycles. The zero-order valence-electron chi connectivity index (χ0n) is 13.8. The third-order valence-corrected chi connectivity index (χ3v) is 3.48. The minimum absolute atomic E-state index is 0.489. The molecule has 2 heterocycles. The Morgan fingerprint density at radius 3 is 2.55 bits per heavy atom. The van der Waals surface area contributed by atoms with Gasteiger partial charge in [-0.05, 0) is 65.9 Å². The summed E-state index contributed by atoms with van der Waals surface area (Å²) >= 11 is 0. The highest BCUT2D eigenvalue weighted by atomic mass is 16.6. The van der Waals surface area contributed by atoms with E-state index in [1.54, 1.807) is 12.3 Å². The van der Waals surface area contributed by atoms with E-state index in [0.717, 1.165) is 31.6 Å². The molecule has 1 fully saturated rings. The van der Waals surface area contributed by atoms with Crippen molar-refractivity contribution in [1.29, 1.82) is 0 Å². The van der Waals surface area contributed by atoms with Crippen molar-refractivity contribution in [3.8, 4) is 0 Å². The molecule has 1 amide bonds. The molecule has 1 aromatic rings. The van der Waals surface area contributed by atoms with E-state index in [-0.39, 0.29) is 0 Å². The number of piperidine rings is 1. The Bertz CT molecular complexity index is 488. The van der Waals surface area contributed by atoms with E-state index in [1.165, 1.54) is 0 Å². The number of likely N-dealkylation sites (tertiary alicyclic amines) is 1. The predicted octanol–water partition coefficient (Wildman–Crippen LogP) is 2.93. The highest BCUT2D eigenvalue weighted by Gasteiger charge is 2.17. The van der Waals surface area contributed by atoms with Gasteiger partial charge >= 0.3 is 6.09 Å². The van der Waals surface area contributed by atoms with Gasteiger partial charge < -0.3 is 15.0 Å². The first-order valence-corrected chi connectivity index (χ1v) is 7.73. The van der Waals surface area contributed by atoms with Crippen molar-refractivity contribution in [3.05, 3.63) is 18.3 Å². The van der Waals surface area contributed by atoms with Crippen molar-refractivity contribution in [3.63, 3.8) is 0 Å². The quantitative estimate of drug-likeness (QED) is 0.899. The van der Waals surface area contributed by atoms with E-state index in [4.69, 9.17) is 4.74 Å². The molecule has 2 rings (SSSR count). The van der Waals surface area contributed by atoms with Crippen molar-refractivity contribution in [1.82, 2.24) is 9.88 Å². The normalized spacial score (nSPS) is 17.1. The van der Waals surface area contributed by atoms with Gasteiger partial charge in [0.05, 0.1) is 11.9 Å². The monoisotopic (exact) mass is 306 g/mol. The average molecular weight is 306 g/mol. The molecule has 0 spiro atoms. The van der Waals surface area contributed by atoms with Crippen LogP contribution in [0.3, 0.4) is 0 Å². The lowest BCUT2D eigenvalue weighted by Crippen LogP contribution is -2.36. The SMILES string of the molecule is CN1CCC(Nc2ccc(NC(=O)OC(C)(C)C)nc2)CC1. The number of carbonyl (C=O) groups is 1. The first-order valence-electron chi connectivity index (χ1n) is 7.73. The molecule has 1 aliphatic heterocycles. The first-order chi connectivity index (χ1) is 10.3. The Morgan fingerprint density at radius 2 is 2.00 bits per heavy atom. The molecule has 6 heteroatoms. The molecular formula is C16H26N4O2. The number of hydrogen-bond donors (Lipinski definition) is 2. The van der Waals surface area contributed by atoms with Crippen LogP contribution >= 0.6 is 0 Å². The summed E-state index contributed by atoms with van der Waals surface area (Å²) in [6.07, 6.45) is 3.52. The van der Waals surface area contributed by atoms with Crippen LogP contribution in [0.1, 0.15) is 33.6 Å². The predicted molar refractivity (Wildman–Crippen MR) is 88.2 cm³/mol. The molecule has 1 aliphatic rings. The molecule has 0 saturated carbocycles. The number of hydrogen-bond acceptors (Lipinski definition) is 5. The maximum absolute atomic E-state index is 11.7. The summed E-state index contributed by atoms with van der Waals surface area (Å²) in [5.41, 5.74) is 0.462. The van der Waals surface area contributed by atoms with Crippen LogP contribution < -0.4 is 10.6 Å². The third-order valence-electron chi connectivity index (χ3n) is 3.48. The third kappa shape index (κ3) is 5.52. The number of amides is 1. The van der Waals surface area contributed by atoms with Crippen LogP contribution in [-0.4, -0.2) is 47.8 Å². The van der Waals surface area contributed by atoms with Gasteiger partial charge in [-0.15, -0.1) is 0 Å². The second-order valence-corrected chi connectivity index (χ2v) is 6.78. The van der Waals surface area contributed by atoms with Crippen molar-refractivity contribution in [2.45, 2.75) is 45.3 Å². The zero-order chi connectivity index (χ0) is 16.2. The zero-order valence-corrected chi connectivity index (χ0v) is 13.8. The molecule has 2 N–H and O–H groups in total.